The fourth-order valence-corrected chi connectivity index (χ4v) is 3.38. The number of hydrogen-bond donors (Lipinski definition) is 2. The van der Waals surface area contributed by atoms with Gasteiger partial charge in [0.25, 0.3) is 5.91 Å². The van der Waals surface area contributed by atoms with Gasteiger partial charge in [0.1, 0.15) is 5.82 Å². The number of nitrogens with one attached hydrogen (secondary N) is 2. The molecule has 2 N–H and O–H groups in total. The second-order valence-corrected chi connectivity index (χ2v) is 7.47. The van der Waals surface area contributed by atoms with Gasteiger partial charge >= 0.3 is 0 Å². The van der Waals surface area contributed by atoms with Crippen molar-refractivity contribution in [1.29, 1.82) is 0 Å². The van der Waals surface area contributed by atoms with Gasteiger partial charge in [0.05, 0.1) is 21.2 Å². The van der Waals surface area contributed by atoms with Crippen LogP contribution in [0.25, 0.3) is 0 Å². The number of carbonyl (C=O) groups excluding carboxylic acids is 1. The zero-order chi connectivity index (χ0) is 18.6. The van der Waals surface area contributed by atoms with E-state index in [4.69, 9.17) is 23.2 Å². The number of hydrogen-bond acceptors (Lipinski definition) is 3. The molecule has 0 atom stereocenters. The van der Waals surface area contributed by atoms with E-state index >= 15 is 0 Å². The summed E-state index contributed by atoms with van der Waals surface area (Å²) in [5, 5.41) is 2.80. The van der Waals surface area contributed by atoms with Crippen molar-refractivity contribution in [3.05, 3.63) is 70.5 Å². The van der Waals surface area contributed by atoms with Crippen molar-refractivity contribution in [2.24, 2.45) is 0 Å². The zero-order valence-electron chi connectivity index (χ0n) is 12.7. The SMILES string of the molecule is C=CCNS(=O)(=O)c1ccc(NC(=O)c2ccc(Cl)cc2Cl)c(F)c1. The average molecular weight is 403 g/mol. The molecule has 9 heteroatoms. The van der Waals surface area contributed by atoms with Crippen LogP contribution in [0.4, 0.5) is 10.1 Å². The molecule has 0 fully saturated rings. The summed E-state index contributed by atoms with van der Waals surface area (Å²) in [5.74, 6) is -1.55. The lowest BCUT2D eigenvalue weighted by atomic mass is 10.2. The van der Waals surface area contributed by atoms with E-state index in [2.05, 4.69) is 16.6 Å². The highest BCUT2D eigenvalue weighted by Crippen LogP contribution is 2.24. The second-order valence-electron chi connectivity index (χ2n) is 4.86. The van der Waals surface area contributed by atoms with Crippen LogP contribution in [0.15, 0.2) is 53.9 Å². The Labute approximate surface area is 154 Å². The average Bonchev–Trinajstić information content (AvgIpc) is 2.54. The summed E-state index contributed by atoms with van der Waals surface area (Å²) in [6.45, 7) is 3.41. The van der Waals surface area contributed by atoms with Crippen molar-refractivity contribution in [2.45, 2.75) is 4.90 Å². The molecule has 0 aliphatic carbocycles. The van der Waals surface area contributed by atoms with E-state index in [9.17, 15) is 17.6 Å². The Bertz CT molecular complexity index is 933. The molecule has 0 saturated heterocycles. The first-order chi connectivity index (χ1) is 11.7. The molecule has 0 aromatic heterocycles. The molecule has 5 nitrogen and oxygen atoms in total. The number of benzene rings is 2. The molecule has 0 aliphatic rings. The summed E-state index contributed by atoms with van der Waals surface area (Å²) in [4.78, 5) is 11.9. The molecule has 2 aromatic carbocycles. The lowest BCUT2D eigenvalue weighted by Crippen LogP contribution is -2.24. The Balaban J connectivity index is 2.24. The molecule has 0 aliphatic heterocycles. The summed E-state index contributed by atoms with van der Waals surface area (Å²) >= 11 is 11.7. The van der Waals surface area contributed by atoms with E-state index in [1.807, 2.05) is 0 Å². The predicted octanol–water partition coefficient (Wildman–Crippen LogP) is 3.85. The topological polar surface area (TPSA) is 75.3 Å². The number of halogens is 3. The zero-order valence-corrected chi connectivity index (χ0v) is 15.1. The molecule has 0 bridgehead atoms. The molecule has 0 heterocycles. The summed E-state index contributed by atoms with van der Waals surface area (Å²) in [5.41, 5.74) is -0.0755. The van der Waals surface area contributed by atoms with Gasteiger partial charge in [0, 0.05) is 11.6 Å². The fourth-order valence-electron chi connectivity index (χ4n) is 1.88. The summed E-state index contributed by atoms with van der Waals surface area (Å²) in [6.07, 6.45) is 1.36. The maximum Gasteiger partial charge on any atom is 0.257 e. The first kappa shape index (κ1) is 19.4. The number of anilines is 1. The van der Waals surface area contributed by atoms with Crippen LogP contribution in [0.1, 0.15) is 10.4 Å². The Morgan fingerprint density at radius 2 is 1.92 bits per heavy atom. The number of sulfonamides is 1. The summed E-state index contributed by atoms with van der Waals surface area (Å²) in [7, 11) is -3.86. The smallest absolute Gasteiger partial charge is 0.257 e. The molecular formula is C16H13Cl2FN2O3S. The van der Waals surface area contributed by atoms with Crippen molar-refractivity contribution in [3.8, 4) is 0 Å². The van der Waals surface area contributed by atoms with Crippen molar-refractivity contribution in [3.63, 3.8) is 0 Å². The second kappa shape index (κ2) is 7.97. The van der Waals surface area contributed by atoms with E-state index in [0.29, 0.717) is 5.02 Å². The van der Waals surface area contributed by atoms with Crippen LogP contribution >= 0.6 is 23.2 Å². The van der Waals surface area contributed by atoms with Gasteiger partial charge < -0.3 is 5.32 Å². The molecule has 25 heavy (non-hydrogen) atoms. The van der Waals surface area contributed by atoms with Crippen LogP contribution in [0.3, 0.4) is 0 Å². The Morgan fingerprint density at radius 1 is 1.20 bits per heavy atom. The van der Waals surface area contributed by atoms with Crippen LogP contribution in [-0.2, 0) is 10.0 Å². The highest BCUT2D eigenvalue weighted by molar-refractivity contribution is 7.89. The molecule has 0 unspecified atom stereocenters. The van der Waals surface area contributed by atoms with Gasteiger partial charge in [0.2, 0.25) is 10.0 Å². The number of carbonyl (C=O) groups is 1. The standard InChI is InChI=1S/C16H13Cl2FN2O3S/c1-2-7-20-25(23,24)11-4-6-15(14(19)9-11)21-16(22)12-5-3-10(17)8-13(12)18/h2-6,8-9,20H,1,7H2,(H,21,22). The maximum absolute atomic E-state index is 14.2. The Hall–Kier alpha value is -1.93. The number of amides is 1. The number of rotatable bonds is 6. The molecule has 2 aromatic rings. The van der Waals surface area contributed by atoms with Gasteiger partial charge in [-0.3, -0.25) is 4.79 Å². The molecular weight excluding hydrogens is 390 g/mol. The summed E-state index contributed by atoms with van der Waals surface area (Å²) < 4.78 is 40.2. The van der Waals surface area contributed by atoms with Crippen molar-refractivity contribution in [2.75, 3.05) is 11.9 Å². The predicted molar refractivity (Wildman–Crippen MR) is 96.2 cm³/mol. The molecule has 0 spiro atoms. The third kappa shape index (κ3) is 4.79. The van der Waals surface area contributed by atoms with Crippen molar-refractivity contribution < 1.29 is 17.6 Å². The molecule has 1 amide bonds. The molecule has 0 saturated carbocycles. The van der Waals surface area contributed by atoms with Crippen LogP contribution < -0.4 is 10.0 Å². The van der Waals surface area contributed by atoms with Gasteiger partial charge in [0.15, 0.2) is 0 Å². The first-order valence-corrected chi connectivity index (χ1v) is 9.15. The van der Waals surface area contributed by atoms with Crippen LogP contribution in [-0.4, -0.2) is 20.9 Å². The van der Waals surface area contributed by atoms with Crippen molar-refractivity contribution in [1.82, 2.24) is 4.72 Å². The van der Waals surface area contributed by atoms with Gasteiger partial charge in [-0.2, -0.15) is 0 Å². The van der Waals surface area contributed by atoms with Gasteiger partial charge in [-0.05, 0) is 36.4 Å². The lowest BCUT2D eigenvalue weighted by molar-refractivity contribution is 0.102. The minimum Gasteiger partial charge on any atom is -0.319 e. The molecule has 2 rings (SSSR count). The van der Waals surface area contributed by atoms with Gasteiger partial charge in [-0.15, -0.1) is 6.58 Å². The first-order valence-electron chi connectivity index (χ1n) is 6.91. The van der Waals surface area contributed by atoms with Crippen LogP contribution in [0.5, 0.6) is 0 Å². The van der Waals surface area contributed by atoms with Crippen molar-refractivity contribution >= 4 is 44.8 Å². The maximum atomic E-state index is 14.2. The largest absolute Gasteiger partial charge is 0.319 e. The summed E-state index contributed by atoms with van der Waals surface area (Å²) in [6, 6.07) is 7.39. The van der Waals surface area contributed by atoms with E-state index in [1.54, 1.807) is 0 Å². The Kier molecular flexibility index (Phi) is 6.18. The highest BCUT2D eigenvalue weighted by atomic mass is 35.5. The molecule has 0 radical (unpaired) electrons. The van der Waals surface area contributed by atoms with E-state index in [0.717, 1.165) is 12.1 Å². The lowest BCUT2D eigenvalue weighted by Gasteiger charge is -2.10. The third-order valence-corrected chi connectivity index (χ3v) is 5.06. The highest BCUT2D eigenvalue weighted by Gasteiger charge is 2.17. The minimum absolute atomic E-state index is 0.0114. The monoisotopic (exact) mass is 402 g/mol. The normalized spacial score (nSPS) is 11.2. The Morgan fingerprint density at radius 3 is 2.52 bits per heavy atom. The minimum atomic E-state index is -3.86. The van der Waals surface area contributed by atoms with E-state index in [-0.39, 0.29) is 27.7 Å². The quantitative estimate of drug-likeness (QED) is 0.720. The third-order valence-electron chi connectivity index (χ3n) is 3.09. The molecule has 132 valence electrons. The van der Waals surface area contributed by atoms with Gasteiger partial charge in [-0.25, -0.2) is 17.5 Å². The fraction of sp³-hybridized carbons (Fsp3) is 0.0625. The van der Waals surface area contributed by atoms with Crippen LogP contribution in [0.2, 0.25) is 10.0 Å². The van der Waals surface area contributed by atoms with E-state index in [1.165, 1.54) is 30.3 Å². The van der Waals surface area contributed by atoms with E-state index < -0.39 is 21.7 Å². The van der Waals surface area contributed by atoms with Gasteiger partial charge in [-0.1, -0.05) is 29.3 Å². The van der Waals surface area contributed by atoms with Crippen LogP contribution in [0, 0.1) is 5.82 Å².